The van der Waals surface area contributed by atoms with Crippen LogP contribution in [0.1, 0.15) is 1.43 Å². The van der Waals surface area contributed by atoms with Gasteiger partial charge in [-0.2, -0.15) is 0 Å². The minimum absolute atomic E-state index is 0. The van der Waals surface area contributed by atoms with Crippen molar-refractivity contribution in [3.63, 3.8) is 0 Å². The van der Waals surface area contributed by atoms with Crippen molar-refractivity contribution in [3.05, 3.63) is 24.4 Å². The molecule has 1 N–H and O–H groups in total. The monoisotopic (exact) mass is 105 g/mol. The molecule has 0 amide bonds. The number of dihydropyridines is 1. The second-order valence-corrected chi connectivity index (χ2v) is 1.20. The van der Waals surface area contributed by atoms with Gasteiger partial charge in [0.15, 0.2) is 0 Å². The van der Waals surface area contributed by atoms with Crippen molar-refractivity contribution in [3.8, 4) is 0 Å². The Bertz CT molecular complexity index is 78.4. The van der Waals surface area contributed by atoms with E-state index in [-0.39, 0.29) is 31.0 Å². The van der Waals surface area contributed by atoms with E-state index in [1.807, 2.05) is 18.4 Å². The third-order valence-corrected chi connectivity index (χ3v) is 0.697. The van der Waals surface area contributed by atoms with Gasteiger partial charge in [0, 0.05) is 6.54 Å². The van der Waals surface area contributed by atoms with Crippen LogP contribution in [0.2, 0.25) is 0 Å². The van der Waals surface area contributed by atoms with E-state index in [1.54, 1.807) is 0 Å². The second-order valence-electron chi connectivity index (χ2n) is 1.20. The van der Waals surface area contributed by atoms with Gasteiger partial charge in [0.25, 0.3) is 0 Å². The van der Waals surface area contributed by atoms with Crippen LogP contribution in [0.15, 0.2) is 24.4 Å². The Balaban J connectivity index is 0. The molecule has 0 aliphatic carbocycles. The normalized spacial score (nSPS) is 14.9. The number of hydrogen-bond donors (Lipinski definition) is 1. The van der Waals surface area contributed by atoms with Gasteiger partial charge in [-0.25, -0.2) is 0 Å². The van der Waals surface area contributed by atoms with E-state index in [0.717, 1.165) is 6.54 Å². The van der Waals surface area contributed by atoms with Gasteiger partial charge in [-0.05, 0) is 12.3 Å². The fraction of sp³-hybridized carbons (Fsp3) is 0.200. The molecule has 1 nitrogen and oxygen atoms in total. The zero-order chi connectivity index (χ0) is 4.24. The first-order chi connectivity index (χ1) is 3.00. The van der Waals surface area contributed by atoms with Crippen LogP contribution in [-0.4, -0.2) is 6.54 Å². The molecule has 0 saturated heterocycles. The van der Waals surface area contributed by atoms with Crippen molar-refractivity contribution in [2.75, 3.05) is 6.54 Å². The van der Waals surface area contributed by atoms with Crippen LogP contribution in [0.3, 0.4) is 0 Å². The quantitative estimate of drug-likeness (QED) is 0.344. The predicted octanol–water partition coefficient (Wildman–Crippen LogP) is -2.22. The van der Waals surface area contributed by atoms with E-state index in [2.05, 4.69) is 11.4 Å². The minimum Gasteiger partial charge on any atom is -1.00 e. The maximum absolute atomic E-state index is 3.02. The summed E-state index contributed by atoms with van der Waals surface area (Å²) in [5.74, 6) is 0. The molecule has 34 valence electrons. The van der Waals surface area contributed by atoms with E-state index in [4.69, 9.17) is 0 Å². The van der Waals surface area contributed by atoms with Gasteiger partial charge in [0.05, 0.1) is 0 Å². The molecule has 0 atom stereocenters. The molecular weight excluding hydrogens is 97.1 g/mol. The Kier molecular flexibility index (Phi) is 4.62. The average molecular weight is 105 g/mol. The van der Waals surface area contributed by atoms with Crippen molar-refractivity contribution < 1.29 is 31.0 Å². The van der Waals surface area contributed by atoms with E-state index < -0.39 is 0 Å². The Morgan fingerprint density at radius 2 is 2.29 bits per heavy atom. The molecule has 0 unspecified atom stereocenters. The minimum atomic E-state index is 0. The molecule has 0 spiro atoms. The fourth-order valence-electron chi connectivity index (χ4n) is 0.406. The van der Waals surface area contributed by atoms with Crippen molar-refractivity contribution in [1.82, 2.24) is 5.32 Å². The number of rotatable bonds is 0. The van der Waals surface area contributed by atoms with Gasteiger partial charge in [-0.3, -0.25) is 0 Å². The summed E-state index contributed by atoms with van der Waals surface area (Å²) in [6, 6.07) is 0. The van der Waals surface area contributed by atoms with Crippen LogP contribution < -0.4 is 34.9 Å². The van der Waals surface area contributed by atoms with E-state index in [9.17, 15) is 0 Å². The largest absolute Gasteiger partial charge is 1.00 e. The van der Waals surface area contributed by atoms with Gasteiger partial charge in [0.1, 0.15) is 0 Å². The summed E-state index contributed by atoms with van der Waals surface area (Å²) in [7, 11) is 0. The van der Waals surface area contributed by atoms with Crippen LogP contribution in [-0.2, 0) is 0 Å². The molecule has 0 aromatic rings. The van der Waals surface area contributed by atoms with Crippen molar-refractivity contribution in [1.29, 1.82) is 0 Å². The third-order valence-electron chi connectivity index (χ3n) is 0.697. The first-order valence-electron chi connectivity index (χ1n) is 2.05. The zero-order valence-corrected chi connectivity index (χ0v) is 6.52. The van der Waals surface area contributed by atoms with Crippen LogP contribution in [0.4, 0.5) is 0 Å². The summed E-state index contributed by atoms with van der Waals surface area (Å²) >= 11 is 0. The summed E-state index contributed by atoms with van der Waals surface area (Å²) in [6.07, 6.45) is 8.00. The summed E-state index contributed by atoms with van der Waals surface area (Å²) in [5, 5.41) is 3.02. The molecule has 1 aliphatic heterocycles. The number of hydrogen-bond acceptors (Lipinski definition) is 1. The third kappa shape index (κ3) is 2.92. The van der Waals surface area contributed by atoms with Gasteiger partial charge in [-0.15, -0.1) is 0 Å². The van der Waals surface area contributed by atoms with Crippen molar-refractivity contribution in [2.45, 2.75) is 0 Å². The fourth-order valence-corrected chi connectivity index (χ4v) is 0.406. The molecule has 0 aromatic heterocycles. The van der Waals surface area contributed by atoms with Crippen LogP contribution in [0.5, 0.6) is 0 Å². The molecule has 0 radical (unpaired) electrons. The standard InChI is InChI=1S/C5H7N.Na.H/c1-2-4-6-5-3-1;;/h1-4,6H,5H2;;/q;+1;-1. The maximum Gasteiger partial charge on any atom is 1.00 e. The smallest absolute Gasteiger partial charge is 1.00 e. The predicted molar refractivity (Wildman–Crippen MR) is 27.4 cm³/mol. The molecule has 1 aliphatic rings. The SMILES string of the molecule is C1=CCNC=C1.[H-].[Na+]. The molecule has 1 heterocycles. The Morgan fingerprint density at radius 3 is 2.43 bits per heavy atom. The van der Waals surface area contributed by atoms with Gasteiger partial charge >= 0.3 is 29.6 Å². The first kappa shape index (κ1) is 7.28. The molecule has 1 rings (SSSR count). The Hall–Kier alpha value is 0.280. The summed E-state index contributed by atoms with van der Waals surface area (Å²) in [4.78, 5) is 0. The van der Waals surface area contributed by atoms with Crippen molar-refractivity contribution >= 4 is 0 Å². The average Bonchev–Trinajstić information content (AvgIpc) is 1.72. The summed E-state index contributed by atoms with van der Waals surface area (Å²) < 4.78 is 0. The molecule has 2 heteroatoms. The maximum atomic E-state index is 3.02. The topological polar surface area (TPSA) is 12.0 Å². The van der Waals surface area contributed by atoms with E-state index >= 15 is 0 Å². The summed E-state index contributed by atoms with van der Waals surface area (Å²) in [6.45, 7) is 0.983. The van der Waals surface area contributed by atoms with Crippen LogP contribution in [0, 0.1) is 0 Å². The van der Waals surface area contributed by atoms with E-state index in [0.29, 0.717) is 0 Å². The van der Waals surface area contributed by atoms with Gasteiger partial charge < -0.3 is 6.74 Å². The number of allylic oxidation sites excluding steroid dienone is 2. The molecule has 0 saturated carbocycles. The Labute approximate surface area is 67.3 Å². The summed E-state index contributed by atoms with van der Waals surface area (Å²) in [5.41, 5.74) is 0. The Morgan fingerprint density at radius 1 is 1.43 bits per heavy atom. The van der Waals surface area contributed by atoms with Crippen molar-refractivity contribution in [2.24, 2.45) is 0 Å². The van der Waals surface area contributed by atoms with E-state index in [1.165, 1.54) is 0 Å². The second kappa shape index (κ2) is 4.44. The molecular formula is C5H8NNa. The number of nitrogens with one attached hydrogen (secondary N) is 1. The van der Waals surface area contributed by atoms with Crippen LogP contribution in [0.25, 0.3) is 0 Å². The molecule has 0 bridgehead atoms. The van der Waals surface area contributed by atoms with Crippen LogP contribution >= 0.6 is 0 Å². The van der Waals surface area contributed by atoms with Gasteiger partial charge in [-0.1, -0.05) is 12.2 Å². The molecule has 0 aromatic carbocycles. The first-order valence-corrected chi connectivity index (χ1v) is 2.05. The van der Waals surface area contributed by atoms with Gasteiger partial charge in [0.2, 0.25) is 0 Å². The zero-order valence-electron chi connectivity index (χ0n) is 5.52. The molecule has 0 fully saturated rings. The molecule has 7 heavy (non-hydrogen) atoms.